The lowest BCUT2D eigenvalue weighted by atomic mass is 9.95. The van der Waals surface area contributed by atoms with Crippen molar-refractivity contribution in [3.8, 4) is 28.0 Å². The van der Waals surface area contributed by atoms with Crippen LogP contribution in [0, 0.1) is 17.5 Å². The SMILES string of the molecule is BCOc1ccc(-c2ccc(-c3ccc(C4COC(CCCCCCC)OC4)cc3F)cc2)c(F)c1F. The second-order valence-electron chi connectivity index (χ2n) is 9.48. The van der Waals surface area contributed by atoms with Gasteiger partial charge in [-0.15, -0.1) is 0 Å². The summed E-state index contributed by atoms with van der Waals surface area (Å²) in [6.45, 7) is 3.47. The van der Waals surface area contributed by atoms with Crippen LogP contribution in [0.1, 0.15) is 56.9 Å². The average molecular weight is 510 g/mol. The van der Waals surface area contributed by atoms with Crippen LogP contribution in [-0.4, -0.2) is 33.9 Å². The Hall–Kier alpha value is -2.77. The number of halogens is 3. The zero-order valence-electron chi connectivity index (χ0n) is 21.6. The van der Waals surface area contributed by atoms with Gasteiger partial charge in [0.1, 0.15) is 5.82 Å². The smallest absolute Gasteiger partial charge is 0.201 e. The van der Waals surface area contributed by atoms with Gasteiger partial charge in [-0.2, -0.15) is 4.39 Å². The molecule has 1 aliphatic rings. The van der Waals surface area contributed by atoms with Gasteiger partial charge < -0.3 is 14.2 Å². The monoisotopic (exact) mass is 510 g/mol. The van der Waals surface area contributed by atoms with Crippen LogP contribution in [0.3, 0.4) is 0 Å². The van der Waals surface area contributed by atoms with E-state index in [4.69, 9.17) is 14.2 Å². The second-order valence-corrected chi connectivity index (χ2v) is 9.48. The molecule has 37 heavy (non-hydrogen) atoms. The van der Waals surface area contributed by atoms with Gasteiger partial charge in [-0.3, -0.25) is 0 Å². The molecule has 4 rings (SSSR count). The highest BCUT2D eigenvalue weighted by atomic mass is 19.2. The summed E-state index contributed by atoms with van der Waals surface area (Å²) in [5, 5.41) is 0. The van der Waals surface area contributed by atoms with Gasteiger partial charge in [0.05, 0.1) is 19.7 Å². The van der Waals surface area contributed by atoms with E-state index in [9.17, 15) is 8.78 Å². The van der Waals surface area contributed by atoms with Gasteiger partial charge in [0.15, 0.2) is 25.7 Å². The van der Waals surface area contributed by atoms with Crippen LogP contribution in [0.2, 0.25) is 0 Å². The molecule has 7 heteroatoms. The normalized spacial score (nSPS) is 17.6. The predicted molar refractivity (Wildman–Crippen MR) is 143 cm³/mol. The Morgan fingerprint density at radius 1 is 0.811 bits per heavy atom. The molecule has 0 amide bonds. The molecule has 1 fully saturated rings. The minimum atomic E-state index is -1.01. The summed E-state index contributed by atoms with van der Waals surface area (Å²) in [5.41, 5.74) is 2.55. The topological polar surface area (TPSA) is 27.7 Å². The molecular formula is C30H34BF3O3. The summed E-state index contributed by atoms with van der Waals surface area (Å²) >= 11 is 0. The first kappa shape index (κ1) is 27.3. The van der Waals surface area contributed by atoms with Crippen LogP contribution in [0.4, 0.5) is 13.2 Å². The lowest BCUT2D eigenvalue weighted by Gasteiger charge is -2.30. The summed E-state index contributed by atoms with van der Waals surface area (Å²) in [5.74, 6) is -2.46. The number of ether oxygens (including phenoxy) is 3. The Morgan fingerprint density at radius 2 is 1.46 bits per heavy atom. The van der Waals surface area contributed by atoms with Crippen LogP contribution in [-0.2, 0) is 9.47 Å². The number of unbranched alkanes of at least 4 members (excludes halogenated alkanes) is 4. The molecule has 0 aromatic heterocycles. The number of hydrogen-bond donors (Lipinski definition) is 0. The number of benzene rings is 3. The standard InChI is InChI=1S/C30H34BF3O3/c1-2-3-4-5-6-7-28-35-17-23(18-36-28)22-12-13-24(26(32)16-22)20-8-10-21(11-9-20)25-14-15-27(37-19-31)30(34)29(25)33/h8-16,23,28H,2-7,17-19,31H2,1H3. The Labute approximate surface area is 218 Å². The third-order valence-corrected chi connectivity index (χ3v) is 6.83. The lowest BCUT2D eigenvalue weighted by Crippen LogP contribution is -2.30. The Bertz CT molecular complexity index is 1160. The molecular weight excluding hydrogens is 476 g/mol. The molecule has 3 aromatic rings. The Balaban J connectivity index is 1.38. The molecule has 0 bridgehead atoms. The van der Waals surface area contributed by atoms with Crippen molar-refractivity contribution in [1.82, 2.24) is 0 Å². The van der Waals surface area contributed by atoms with E-state index in [1.807, 2.05) is 6.07 Å². The molecule has 1 saturated heterocycles. The molecule has 3 aromatic carbocycles. The zero-order valence-corrected chi connectivity index (χ0v) is 21.6. The van der Waals surface area contributed by atoms with Gasteiger partial charge in [0.25, 0.3) is 0 Å². The fraction of sp³-hybridized carbons (Fsp3) is 0.400. The van der Waals surface area contributed by atoms with Crippen molar-refractivity contribution in [3.63, 3.8) is 0 Å². The van der Waals surface area contributed by atoms with E-state index < -0.39 is 11.6 Å². The van der Waals surface area contributed by atoms with Crippen molar-refractivity contribution < 1.29 is 27.4 Å². The molecule has 0 radical (unpaired) electrons. The van der Waals surface area contributed by atoms with Crippen molar-refractivity contribution in [3.05, 3.63) is 77.6 Å². The van der Waals surface area contributed by atoms with Crippen LogP contribution in [0.5, 0.6) is 5.75 Å². The van der Waals surface area contributed by atoms with Crippen LogP contribution in [0.25, 0.3) is 22.3 Å². The largest absolute Gasteiger partial charge is 0.500 e. The van der Waals surface area contributed by atoms with E-state index in [1.165, 1.54) is 43.9 Å². The molecule has 196 valence electrons. The van der Waals surface area contributed by atoms with E-state index in [2.05, 4.69) is 6.92 Å². The van der Waals surface area contributed by atoms with Gasteiger partial charge in [0.2, 0.25) is 5.82 Å². The molecule has 1 heterocycles. The second kappa shape index (κ2) is 13.2. The van der Waals surface area contributed by atoms with Crippen molar-refractivity contribution in [2.24, 2.45) is 0 Å². The van der Waals surface area contributed by atoms with Gasteiger partial charge in [-0.25, -0.2) is 8.78 Å². The number of rotatable bonds is 11. The van der Waals surface area contributed by atoms with E-state index in [-0.39, 0.29) is 35.8 Å². The molecule has 3 nitrogen and oxygen atoms in total. The van der Waals surface area contributed by atoms with Crippen molar-refractivity contribution >= 4 is 7.85 Å². The summed E-state index contributed by atoms with van der Waals surface area (Å²) in [6.07, 6.45) is 6.75. The summed E-state index contributed by atoms with van der Waals surface area (Å²) in [7, 11) is 1.71. The van der Waals surface area contributed by atoms with Gasteiger partial charge in [0, 0.05) is 17.0 Å². The first-order chi connectivity index (χ1) is 18.0. The Kier molecular flexibility index (Phi) is 9.70. The summed E-state index contributed by atoms with van der Waals surface area (Å²) in [6, 6.07) is 14.8. The molecule has 0 aliphatic carbocycles. The quantitative estimate of drug-likeness (QED) is 0.201. The molecule has 0 spiro atoms. The van der Waals surface area contributed by atoms with Crippen LogP contribution >= 0.6 is 0 Å². The van der Waals surface area contributed by atoms with Crippen LogP contribution in [0.15, 0.2) is 54.6 Å². The molecule has 0 atom stereocenters. The highest BCUT2D eigenvalue weighted by Crippen LogP contribution is 2.33. The third-order valence-electron chi connectivity index (χ3n) is 6.83. The summed E-state index contributed by atoms with van der Waals surface area (Å²) in [4.78, 5) is 0. The highest BCUT2D eigenvalue weighted by Gasteiger charge is 2.24. The average Bonchev–Trinajstić information content (AvgIpc) is 2.92. The molecule has 0 unspecified atom stereocenters. The maximum Gasteiger partial charge on any atom is 0.201 e. The van der Waals surface area contributed by atoms with E-state index in [1.54, 1.807) is 38.2 Å². The van der Waals surface area contributed by atoms with E-state index in [0.29, 0.717) is 29.9 Å². The maximum absolute atomic E-state index is 15.1. The van der Waals surface area contributed by atoms with Gasteiger partial charge in [-0.05, 0) is 47.7 Å². The third kappa shape index (κ3) is 6.76. The molecule has 1 aliphatic heterocycles. The molecule has 0 N–H and O–H groups in total. The fourth-order valence-corrected chi connectivity index (χ4v) is 4.69. The maximum atomic E-state index is 15.1. The van der Waals surface area contributed by atoms with Crippen LogP contribution < -0.4 is 4.74 Å². The van der Waals surface area contributed by atoms with Crippen molar-refractivity contribution in [2.45, 2.75) is 57.7 Å². The van der Waals surface area contributed by atoms with Gasteiger partial charge in [-0.1, -0.05) is 69.0 Å². The molecule has 0 saturated carbocycles. The zero-order chi connectivity index (χ0) is 26.2. The predicted octanol–water partition coefficient (Wildman–Crippen LogP) is 7.22. The van der Waals surface area contributed by atoms with Crippen molar-refractivity contribution in [2.75, 3.05) is 19.7 Å². The Morgan fingerprint density at radius 3 is 2.11 bits per heavy atom. The minimum Gasteiger partial charge on any atom is -0.500 e. The highest BCUT2D eigenvalue weighted by molar-refractivity contribution is 6.08. The number of hydrogen-bond acceptors (Lipinski definition) is 3. The minimum absolute atomic E-state index is 0.0141. The van der Waals surface area contributed by atoms with E-state index >= 15 is 4.39 Å². The first-order valence-corrected chi connectivity index (χ1v) is 13.3. The van der Waals surface area contributed by atoms with Crippen molar-refractivity contribution in [1.29, 1.82) is 0 Å². The first-order valence-electron chi connectivity index (χ1n) is 13.3. The summed E-state index contributed by atoms with van der Waals surface area (Å²) < 4.78 is 60.8. The van der Waals surface area contributed by atoms with Gasteiger partial charge >= 0.3 is 0 Å². The fourth-order valence-electron chi connectivity index (χ4n) is 4.69. The lowest BCUT2D eigenvalue weighted by molar-refractivity contribution is -0.190. The van der Waals surface area contributed by atoms with E-state index in [0.717, 1.165) is 18.4 Å².